The van der Waals surface area contributed by atoms with E-state index in [9.17, 15) is 22.8 Å². The quantitative estimate of drug-likeness (QED) is 0.503. The van der Waals surface area contributed by atoms with Crippen LogP contribution in [0.15, 0.2) is 29.2 Å². The maximum atomic E-state index is 13.4. The summed E-state index contributed by atoms with van der Waals surface area (Å²) < 4.78 is 37.8. The summed E-state index contributed by atoms with van der Waals surface area (Å²) in [4.78, 5) is 43.5. The Bertz CT molecular complexity index is 1040. The fourth-order valence-electron chi connectivity index (χ4n) is 4.79. The van der Waals surface area contributed by atoms with Crippen LogP contribution in [0.1, 0.15) is 34.1 Å². The summed E-state index contributed by atoms with van der Waals surface area (Å²) in [7, 11) is -3.89. The van der Waals surface area contributed by atoms with Gasteiger partial charge in [-0.25, -0.2) is 13.2 Å². The van der Waals surface area contributed by atoms with Crippen LogP contribution in [0.2, 0.25) is 0 Å². The normalized spacial score (nSPS) is 31.1. The summed E-state index contributed by atoms with van der Waals surface area (Å²) in [5.41, 5.74) is -0.724. The number of fused-ring (bicyclic) bond motifs is 5. The Morgan fingerprint density at radius 3 is 2.48 bits per heavy atom. The van der Waals surface area contributed by atoms with Crippen molar-refractivity contribution >= 4 is 33.2 Å². The van der Waals surface area contributed by atoms with Crippen molar-refractivity contribution in [3.63, 3.8) is 0 Å². The minimum atomic E-state index is -3.89. The average Bonchev–Trinajstić information content (AvgIpc) is 2.82. The van der Waals surface area contributed by atoms with Crippen LogP contribution in [0.4, 0.5) is 10.5 Å². The van der Waals surface area contributed by atoms with E-state index in [1.165, 1.54) is 12.1 Å². The first-order valence-electron chi connectivity index (χ1n) is 10.2. The zero-order valence-electron chi connectivity index (χ0n) is 17.7. The van der Waals surface area contributed by atoms with Gasteiger partial charge in [-0.1, -0.05) is 12.1 Å². The first-order valence-corrected chi connectivity index (χ1v) is 11.7. The molecule has 0 radical (unpaired) electrons. The summed E-state index contributed by atoms with van der Waals surface area (Å²) >= 11 is 0. The number of carbonyl (C=O) groups excluding carboxylic acids is 3. The third kappa shape index (κ3) is 3.41. The van der Waals surface area contributed by atoms with Crippen LogP contribution in [0, 0.1) is 11.8 Å². The van der Waals surface area contributed by atoms with E-state index < -0.39 is 62.4 Å². The van der Waals surface area contributed by atoms with E-state index in [-0.39, 0.29) is 23.6 Å². The topological polar surface area (TPSA) is 116 Å². The van der Waals surface area contributed by atoms with Gasteiger partial charge in [-0.05, 0) is 46.2 Å². The molecule has 0 amide bonds. The minimum absolute atomic E-state index is 0.0195. The highest BCUT2D eigenvalue weighted by molar-refractivity contribution is 7.92. The number of sulfone groups is 1. The van der Waals surface area contributed by atoms with Gasteiger partial charge in [-0.15, -0.1) is 0 Å². The molecular formula is C21H25NO8S. The van der Waals surface area contributed by atoms with Crippen molar-refractivity contribution in [1.29, 1.82) is 0 Å². The van der Waals surface area contributed by atoms with E-state index in [1.54, 1.807) is 39.8 Å². The number of anilines is 1. The Labute approximate surface area is 180 Å². The van der Waals surface area contributed by atoms with Gasteiger partial charge in [0.1, 0.15) is 5.60 Å². The summed E-state index contributed by atoms with van der Waals surface area (Å²) in [6.45, 7) is 7.00. The molecular weight excluding hydrogens is 426 g/mol. The predicted octanol–water partition coefficient (Wildman–Crippen LogP) is 2.08. The summed E-state index contributed by atoms with van der Waals surface area (Å²) in [5.74, 6) is -3.22. The first kappa shape index (κ1) is 21.8. The van der Waals surface area contributed by atoms with Crippen molar-refractivity contribution < 1.29 is 37.1 Å². The van der Waals surface area contributed by atoms with Gasteiger partial charge < -0.3 is 14.3 Å². The number of hydrogen-bond acceptors (Lipinski definition) is 9. The smallest absolute Gasteiger partial charge is 0.427 e. The number of hydrogen-bond donors (Lipinski definition) is 0. The van der Waals surface area contributed by atoms with E-state index in [0.29, 0.717) is 0 Å². The molecule has 1 heterocycles. The van der Waals surface area contributed by atoms with Gasteiger partial charge in [0.15, 0.2) is 9.84 Å². The lowest BCUT2D eigenvalue weighted by Crippen LogP contribution is -2.61. The highest BCUT2D eigenvalue weighted by atomic mass is 32.2. The van der Waals surface area contributed by atoms with Crippen LogP contribution < -0.4 is 5.06 Å². The van der Waals surface area contributed by atoms with Gasteiger partial charge in [-0.2, -0.15) is 5.06 Å². The van der Waals surface area contributed by atoms with E-state index in [2.05, 4.69) is 0 Å². The highest BCUT2D eigenvalue weighted by Crippen LogP contribution is 2.50. The SMILES string of the molecule is CCOC1C2CC3C(C1C(=O)C2=O)N(OC(=O)OC(C)(C)C)c1ccccc1S3(=O)=O. The lowest BCUT2D eigenvalue weighted by Gasteiger charge is -2.47. The number of ether oxygens (including phenoxy) is 2. The van der Waals surface area contributed by atoms with Crippen LogP contribution in [-0.2, 0) is 33.7 Å². The van der Waals surface area contributed by atoms with Crippen LogP contribution in [0.25, 0.3) is 0 Å². The van der Waals surface area contributed by atoms with E-state index in [0.717, 1.165) is 5.06 Å². The second-order valence-electron chi connectivity index (χ2n) is 8.94. The maximum absolute atomic E-state index is 13.4. The minimum Gasteiger partial charge on any atom is -0.427 e. The van der Waals surface area contributed by atoms with Gasteiger partial charge >= 0.3 is 6.16 Å². The second-order valence-corrected chi connectivity index (χ2v) is 11.1. The fourth-order valence-corrected chi connectivity index (χ4v) is 6.94. The molecule has 1 aromatic carbocycles. The number of benzene rings is 1. The van der Waals surface area contributed by atoms with Crippen molar-refractivity contribution in [2.75, 3.05) is 11.7 Å². The van der Waals surface area contributed by atoms with Crippen LogP contribution in [-0.4, -0.2) is 55.7 Å². The highest BCUT2D eigenvalue weighted by Gasteiger charge is 2.65. The molecule has 3 aliphatic rings. The van der Waals surface area contributed by atoms with Crippen molar-refractivity contribution in [3.8, 4) is 0 Å². The summed E-state index contributed by atoms with van der Waals surface area (Å²) in [6, 6.07) is 4.99. The van der Waals surface area contributed by atoms with Gasteiger partial charge in [0.2, 0.25) is 11.6 Å². The first-order chi connectivity index (χ1) is 14.5. The molecule has 5 atom stereocenters. The maximum Gasteiger partial charge on any atom is 0.533 e. The number of carbonyl (C=O) groups is 3. The molecule has 2 aliphatic carbocycles. The third-order valence-corrected chi connectivity index (χ3v) is 8.09. The number of hydroxylamine groups is 1. The summed E-state index contributed by atoms with van der Waals surface area (Å²) in [5, 5.41) is 0.0327. The third-order valence-electron chi connectivity index (χ3n) is 5.87. The number of Topliss-reactive ketones (excluding diaryl/α,β-unsaturated/α-hetero) is 2. The van der Waals surface area contributed by atoms with E-state index in [1.807, 2.05) is 0 Å². The van der Waals surface area contributed by atoms with Crippen molar-refractivity contribution in [1.82, 2.24) is 0 Å². The van der Waals surface area contributed by atoms with Crippen molar-refractivity contribution in [2.45, 2.75) is 62.0 Å². The Balaban J connectivity index is 1.84. The molecule has 1 aliphatic heterocycles. The van der Waals surface area contributed by atoms with E-state index >= 15 is 0 Å². The molecule has 2 fully saturated rings. The molecule has 0 aromatic heterocycles. The Hall–Kier alpha value is -2.46. The fraction of sp³-hybridized carbons (Fsp3) is 0.571. The lowest BCUT2D eigenvalue weighted by molar-refractivity contribution is -0.137. The van der Waals surface area contributed by atoms with E-state index in [4.69, 9.17) is 14.3 Å². The Morgan fingerprint density at radius 2 is 1.84 bits per heavy atom. The van der Waals surface area contributed by atoms with Crippen LogP contribution >= 0.6 is 0 Å². The molecule has 4 rings (SSSR count). The molecule has 10 heteroatoms. The number of nitrogens with zero attached hydrogens (tertiary/aromatic N) is 1. The lowest BCUT2D eigenvalue weighted by atomic mass is 9.81. The Morgan fingerprint density at radius 1 is 1.16 bits per heavy atom. The van der Waals surface area contributed by atoms with Gasteiger partial charge in [-0.3, -0.25) is 9.59 Å². The average molecular weight is 451 g/mol. The number of ketones is 2. The van der Waals surface area contributed by atoms with Gasteiger partial charge in [0.05, 0.1) is 39.8 Å². The molecule has 2 saturated carbocycles. The standard InChI is InChI=1S/C21H25NO8S/c1-5-28-19-11-10-14-16(15(19)18(24)17(11)23)22(30-20(25)29-21(2,3)4)12-8-6-7-9-13(12)31(14,26)27/h6-9,11,14-16,19H,5,10H2,1-4H3. The zero-order valence-corrected chi connectivity index (χ0v) is 18.5. The molecule has 0 saturated heterocycles. The van der Waals surface area contributed by atoms with Crippen LogP contribution in [0.5, 0.6) is 0 Å². The molecule has 2 bridgehead atoms. The molecule has 31 heavy (non-hydrogen) atoms. The second kappa shape index (κ2) is 7.30. The van der Waals surface area contributed by atoms with Crippen LogP contribution in [0.3, 0.4) is 0 Å². The molecule has 0 spiro atoms. The molecule has 5 unspecified atom stereocenters. The molecule has 0 N–H and O–H groups in total. The largest absolute Gasteiger partial charge is 0.533 e. The van der Waals surface area contributed by atoms with Crippen molar-refractivity contribution in [3.05, 3.63) is 24.3 Å². The monoisotopic (exact) mass is 451 g/mol. The Kier molecular flexibility index (Phi) is 5.13. The van der Waals surface area contributed by atoms with Crippen molar-refractivity contribution in [2.24, 2.45) is 11.8 Å². The predicted molar refractivity (Wildman–Crippen MR) is 108 cm³/mol. The number of rotatable bonds is 3. The molecule has 1 aromatic rings. The zero-order chi connectivity index (χ0) is 22.7. The number of para-hydroxylation sites is 1. The van der Waals surface area contributed by atoms with Gasteiger partial charge in [0.25, 0.3) is 0 Å². The summed E-state index contributed by atoms with van der Waals surface area (Å²) in [6.07, 6.45) is -1.88. The molecule has 168 valence electrons. The van der Waals surface area contributed by atoms with Gasteiger partial charge in [0, 0.05) is 6.61 Å². The molecule has 9 nitrogen and oxygen atoms in total.